The number of carbonyl (C=O) groups excluding carboxylic acids is 1. The van der Waals surface area contributed by atoms with Crippen LogP contribution in [-0.4, -0.2) is 32.7 Å². The molecule has 2 aromatic carbocycles. The molecular weight excluding hydrogens is 376 g/mol. The van der Waals surface area contributed by atoms with Crippen LogP contribution in [0.15, 0.2) is 36.4 Å². The van der Waals surface area contributed by atoms with E-state index in [4.69, 9.17) is 4.74 Å². The first-order valence-electron chi connectivity index (χ1n) is 9.27. The molecule has 1 aliphatic heterocycles. The molecule has 2 atom stereocenters. The second-order valence-electron chi connectivity index (χ2n) is 7.70. The van der Waals surface area contributed by atoms with E-state index >= 15 is 0 Å². The average molecular weight is 401 g/mol. The number of benzene rings is 2. The van der Waals surface area contributed by atoms with E-state index in [1.165, 1.54) is 4.31 Å². The lowest BCUT2D eigenvalue weighted by Crippen LogP contribution is -2.42. The van der Waals surface area contributed by atoms with E-state index in [9.17, 15) is 13.2 Å². The second kappa shape index (κ2) is 6.24. The van der Waals surface area contributed by atoms with Crippen LogP contribution in [0.5, 0.6) is 5.75 Å². The minimum atomic E-state index is -3.80. The van der Waals surface area contributed by atoms with Crippen molar-refractivity contribution in [3.05, 3.63) is 53.1 Å². The Morgan fingerprint density at radius 1 is 1.14 bits per heavy atom. The number of methoxy groups -OCH3 is 1. The zero-order valence-corrected chi connectivity index (χ0v) is 17.3. The van der Waals surface area contributed by atoms with Crippen LogP contribution in [0.25, 0.3) is 0 Å². The molecule has 1 aliphatic carbocycles. The Bertz CT molecular complexity index is 1060. The van der Waals surface area contributed by atoms with Gasteiger partial charge in [-0.2, -0.15) is 0 Å². The van der Waals surface area contributed by atoms with E-state index in [0.717, 1.165) is 16.7 Å². The molecule has 0 aromatic heterocycles. The van der Waals surface area contributed by atoms with Gasteiger partial charge in [-0.25, -0.2) is 8.42 Å². The van der Waals surface area contributed by atoms with Gasteiger partial charge in [0.25, 0.3) is 0 Å². The van der Waals surface area contributed by atoms with Crippen molar-refractivity contribution in [2.24, 2.45) is 5.92 Å². The minimum Gasteiger partial charge on any atom is -0.497 e. The zero-order valence-electron chi connectivity index (χ0n) is 16.4. The molecule has 1 saturated carbocycles. The Morgan fingerprint density at radius 3 is 2.43 bits per heavy atom. The number of amides is 1. The SMILES string of the molecule is COc1ccc(NC(=O)[C@]23C[C@@H]2CN(c2c(C)cccc2C)S3(=O)=O)c(C)c1. The first-order chi connectivity index (χ1) is 13.2. The third-order valence-electron chi connectivity index (χ3n) is 5.94. The van der Waals surface area contributed by atoms with Gasteiger partial charge in [0.15, 0.2) is 4.75 Å². The quantitative estimate of drug-likeness (QED) is 0.855. The van der Waals surface area contributed by atoms with Crippen molar-refractivity contribution in [3.8, 4) is 5.75 Å². The van der Waals surface area contributed by atoms with Crippen molar-refractivity contribution in [1.29, 1.82) is 0 Å². The van der Waals surface area contributed by atoms with Gasteiger partial charge in [0.05, 0.1) is 12.8 Å². The number of carbonyl (C=O) groups is 1. The average Bonchev–Trinajstić information content (AvgIpc) is 3.33. The third kappa shape index (κ3) is 2.53. The summed E-state index contributed by atoms with van der Waals surface area (Å²) in [5.74, 6) is 0.0576. The molecule has 2 fully saturated rings. The fourth-order valence-corrected chi connectivity index (χ4v) is 6.76. The molecule has 6 nitrogen and oxygen atoms in total. The van der Waals surface area contributed by atoms with Crippen LogP contribution in [0.2, 0.25) is 0 Å². The highest BCUT2D eigenvalue weighted by Crippen LogP contribution is 2.59. The molecule has 7 heteroatoms. The molecular formula is C21H24N2O4S. The molecule has 0 spiro atoms. The van der Waals surface area contributed by atoms with Gasteiger partial charge in [0, 0.05) is 18.2 Å². The maximum absolute atomic E-state index is 13.4. The molecule has 1 heterocycles. The van der Waals surface area contributed by atoms with Gasteiger partial charge in [-0.3, -0.25) is 9.10 Å². The number of hydrogen-bond donors (Lipinski definition) is 1. The number of fused-ring (bicyclic) bond motifs is 1. The van der Waals surface area contributed by atoms with Crippen LogP contribution < -0.4 is 14.4 Å². The van der Waals surface area contributed by atoms with Crippen molar-refractivity contribution in [1.82, 2.24) is 0 Å². The smallest absolute Gasteiger partial charge is 0.250 e. The van der Waals surface area contributed by atoms with Gasteiger partial charge in [0.1, 0.15) is 5.75 Å². The van der Waals surface area contributed by atoms with Crippen LogP contribution >= 0.6 is 0 Å². The number of nitrogens with zero attached hydrogens (tertiary/aromatic N) is 1. The Kier molecular flexibility index (Phi) is 4.19. The summed E-state index contributed by atoms with van der Waals surface area (Å²) in [5.41, 5.74) is 3.91. The Morgan fingerprint density at radius 2 is 1.82 bits per heavy atom. The Labute approximate surface area is 165 Å². The molecule has 1 saturated heterocycles. The number of anilines is 2. The largest absolute Gasteiger partial charge is 0.497 e. The molecule has 0 bridgehead atoms. The van der Waals surface area contributed by atoms with Crippen molar-refractivity contribution < 1.29 is 17.9 Å². The van der Waals surface area contributed by atoms with Crippen LogP contribution in [0, 0.1) is 26.7 Å². The Hall–Kier alpha value is -2.54. The molecule has 2 aromatic rings. The summed E-state index contributed by atoms with van der Waals surface area (Å²) < 4.78 is 32.1. The topological polar surface area (TPSA) is 75.7 Å². The van der Waals surface area contributed by atoms with Crippen LogP contribution in [0.1, 0.15) is 23.1 Å². The third-order valence-corrected chi connectivity index (χ3v) is 8.46. The fraction of sp³-hybridized carbons (Fsp3) is 0.381. The number of nitrogens with one attached hydrogen (secondary N) is 1. The first kappa shape index (κ1) is 18.8. The molecule has 4 rings (SSSR count). The van der Waals surface area contributed by atoms with Crippen LogP contribution in [0.4, 0.5) is 11.4 Å². The molecule has 0 unspecified atom stereocenters. The van der Waals surface area contributed by atoms with Gasteiger partial charge in [-0.05, 0) is 62.1 Å². The number of rotatable bonds is 4. The maximum Gasteiger partial charge on any atom is 0.250 e. The zero-order chi connectivity index (χ0) is 20.3. The van der Waals surface area contributed by atoms with E-state index in [2.05, 4.69) is 5.32 Å². The van der Waals surface area contributed by atoms with E-state index in [-0.39, 0.29) is 5.92 Å². The van der Waals surface area contributed by atoms with E-state index < -0.39 is 20.7 Å². The van der Waals surface area contributed by atoms with Gasteiger partial charge in [0.2, 0.25) is 15.9 Å². The van der Waals surface area contributed by atoms with E-state index in [0.29, 0.717) is 30.1 Å². The van der Waals surface area contributed by atoms with Gasteiger partial charge < -0.3 is 10.1 Å². The molecule has 0 radical (unpaired) electrons. The molecule has 2 aliphatic rings. The lowest BCUT2D eigenvalue weighted by atomic mass is 10.1. The second-order valence-corrected chi connectivity index (χ2v) is 9.82. The standard InChI is InChI=1S/C21H24N2O4S/c1-13-6-5-7-14(2)19(13)23-12-16-11-21(16,28(23,25)26)20(24)22-18-9-8-17(27-4)10-15(18)3/h5-10,16H,11-12H2,1-4H3,(H,22,24)/t16-,21+/m1/s1. The lowest BCUT2D eigenvalue weighted by Gasteiger charge is -2.26. The highest BCUT2D eigenvalue weighted by atomic mass is 32.2. The van der Waals surface area contributed by atoms with Crippen molar-refractivity contribution in [3.63, 3.8) is 0 Å². The summed E-state index contributed by atoms with van der Waals surface area (Å²) in [4.78, 5) is 13.1. The first-order valence-corrected chi connectivity index (χ1v) is 10.7. The van der Waals surface area contributed by atoms with Gasteiger partial charge >= 0.3 is 0 Å². The Balaban J connectivity index is 1.65. The summed E-state index contributed by atoms with van der Waals surface area (Å²) in [5, 5.41) is 2.84. The van der Waals surface area contributed by atoms with Crippen molar-refractivity contribution in [2.45, 2.75) is 31.9 Å². The molecule has 1 amide bonds. The molecule has 28 heavy (non-hydrogen) atoms. The van der Waals surface area contributed by atoms with Crippen LogP contribution in [-0.2, 0) is 14.8 Å². The number of para-hydroxylation sites is 1. The number of sulfonamides is 1. The monoisotopic (exact) mass is 400 g/mol. The highest BCUT2D eigenvalue weighted by molar-refractivity contribution is 7.95. The number of hydrogen-bond acceptors (Lipinski definition) is 4. The van der Waals surface area contributed by atoms with E-state index in [1.807, 2.05) is 45.0 Å². The fourth-order valence-electron chi connectivity index (χ4n) is 4.27. The predicted octanol–water partition coefficient (Wildman–Crippen LogP) is 3.17. The summed E-state index contributed by atoms with van der Waals surface area (Å²) in [7, 11) is -2.22. The minimum absolute atomic E-state index is 0.185. The lowest BCUT2D eigenvalue weighted by molar-refractivity contribution is -0.116. The van der Waals surface area contributed by atoms with Crippen molar-refractivity contribution >= 4 is 27.3 Å². The molecule has 1 N–H and O–H groups in total. The van der Waals surface area contributed by atoms with Gasteiger partial charge in [-0.1, -0.05) is 18.2 Å². The summed E-state index contributed by atoms with van der Waals surface area (Å²) in [6, 6.07) is 11.0. The normalized spacial score (nSPS) is 24.6. The summed E-state index contributed by atoms with van der Waals surface area (Å²) in [6.45, 7) is 6.00. The van der Waals surface area contributed by atoms with Crippen molar-refractivity contribution in [2.75, 3.05) is 23.3 Å². The van der Waals surface area contributed by atoms with Gasteiger partial charge in [-0.15, -0.1) is 0 Å². The molecule has 148 valence electrons. The summed E-state index contributed by atoms with van der Waals surface area (Å²) >= 11 is 0. The number of ether oxygens (including phenoxy) is 1. The summed E-state index contributed by atoms with van der Waals surface area (Å²) in [6.07, 6.45) is 0.373. The van der Waals surface area contributed by atoms with Crippen LogP contribution in [0.3, 0.4) is 0 Å². The maximum atomic E-state index is 13.4. The highest BCUT2D eigenvalue weighted by Gasteiger charge is 2.75. The number of aryl methyl sites for hydroxylation is 3. The predicted molar refractivity (Wildman–Crippen MR) is 109 cm³/mol. The van der Waals surface area contributed by atoms with E-state index in [1.54, 1.807) is 19.2 Å².